The first kappa shape index (κ1) is 18.4. The first-order chi connectivity index (χ1) is 12.3. The van der Waals surface area contributed by atoms with E-state index in [1.165, 1.54) is 18.2 Å². The van der Waals surface area contributed by atoms with Gasteiger partial charge in [0.15, 0.2) is 5.69 Å². The number of carbonyl (C=O) groups is 1. The van der Waals surface area contributed by atoms with Crippen LogP contribution in [0.4, 0.5) is 0 Å². The highest BCUT2D eigenvalue weighted by molar-refractivity contribution is 7.90. The van der Waals surface area contributed by atoms with Crippen LogP contribution >= 0.6 is 23.2 Å². The van der Waals surface area contributed by atoms with Gasteiger partial charge in [-0.1, -0.05) is 47.5 Å². The summed E-state index contributed by atoms with van der Waals surface area (Å²) >= 11 is 12.0. The Labute approximate surface area is 160 Å². The van der Waals surface area contributed by atoms with E-state index >= 15 is 0 Å². The van der Waals surface area contributed by atoms with Crippen molar-refractivity contribution in [2.45, 2.75) is 11.8 Å². The van der Waals surface area contributed by atoms with Crippen LogP contribution in [-0.2, 0) is 10.0 Å². The van der Waals surface area contributed by atoms with E-state index in [-0.39, 0.29) is 15.6 Å². The number of rotatable bonds is 4. The van der Waals surface area contributed by atoms with Crippen LogP contribution in [-0.4, -0.2) is 24.3 Å². The van der Waals surface area contributed by atoms with Crippen LogP contribution in [0.3, 0.4) is 0 Å². The normalized spacial score (nSPS) is 11.3. The molecule has 9 heteroatoms. The quantitative estimate of drug-likeness (QED) is 0.684. The minimum absolute atomic E-state index is 0.0170. The molecule has 0 aliphatic rings. The molecule has 2 aromatic carbocycles. The number of aryl methyl sites for hydroxylation is 1. The van der Waals surface area contributed by atoms with Crippen molar-refractivity contribution in [3.63, 3.8) is 0 Å². The molecule has 3 aromatic rings. The van der Waals surface area contributed by atoms with E-state index in [4.69, 9.17) is 23.2 Å². The Morgan fingerprint density at radius 1 is 1.04 bits per heavy atom. The van der Waals surface area contributed by atoms with Crippen molar-refractivity contribution in [3.05, 3.63) is 70.0 Å². The molecule has 1 aromatic heterocycles. The standard InChI is InChI=1S/C17H13Cl2N3O3S/c1-10-15(21-16(20-10)11-6-2-3-7-12(11)18)17(23)22-26(24,25)14-9-5-4-8-13(14)19/h2-9H,1H3,(H,20,21)(H,22,23). The van der Waals surface area contributed by atoms with Crippen LogP contribution in [0.5, 0.6) is 0 Å². The van der Waals surface area contributed by atoms with E-state index in [1.807, 2.05) is 4.72 Å². The zero-order chi connectivity index (χ0) is 18.9. The zero-order valence-electron chi connectivity index (χ0n) is 13.5. The number of halogens is 2. The molecule has 26 heavy (non-hydrogen) atoms. The number of imidazole rings is 1. The minimum atomic E-state index is -4.13. The number of aromatic amines is 1. The van der Waals surface area contributed by atoms with Gasteiger partial charge in [-0.15, -0.1) is 0 Å². The topological polar surface area (TPSA) is 91.9 Å². The van der Waals surface area contributed by atoms with Gasteiger partial charge in [0, 0.05) is 11.3 Å². The highest BCUT2D eigenvalue weighted by Gasteiger charge is 2.24. The molecule has 6 nitrogen and oxygen atoms in total. The molecule has 1 heterocycles. The summed E-state index contributed by atoms with van der Waals surface area (Å²) in [6.45, 7) is 1.62. The van der Waals surface area contributed by atoms with Crippen LogP contribution in [0.15, 0.2) is 53.4 Å². The van der Waals surface area contributed by atoms with Crippen molar-refractivity contribution >= 4 is 39.1 Å². The molecule has 0 unspecified atom stereocenters. The lowest BCUT2D eigenvalue weighted by Gasteiger charge is -2.07. The lowest BCUT2D eigenvalue weighted by Crippen LogP contribution is -2.31. The van der Waals surface area contributed by atoms with Crippen LogP contribution in [0.1, 0.15) is 16.2 Å². The summed E-state index contributed by atoms with van der Waals surface area (Å²) in [6, 6.07) is 12.8. The van der Waals surface area contributed by atoms with Crippen LogP contribution < -0.4 is 4.72 Å². The van der Waals surface area contributed by atoms with Crippen molar-refractivity contribution in [3.8, 4) is 11.4 Å². The van der Waals surface area contributed by atoms with Crippen molar-refractivity contribution in [2.75, 3.05) is 0 Å². The van der Waals surface area contributed by atoms with Crippen molar-refractivity contribution in [1.29, 1.82) is 0 Å². The first-order valence-corrected chi connectivity index (χ1v) is 9.66. The Morgan fingerprint density at radius 3 is 2.31 bits per heavy atom. The molecule has 0 atom stereocenters. The number of H-pyrrole nitrogens is 1. The molecule has 134 valence electrons. The van der Waals surface area contributed by atoms with Crippen molar-refractivity contribution < 1.29 is 13.2 Å². The van der Waals surface area contributed by atoms with Gasteiger partial charge in [-0.05, 0) is 31.2 Å². The van der Waals surface area contributed by atoms with E-state index in [9.17, 15) is 13.2 Å². The van der Waals surface area contributed by atoms with Gasteiger partial charge in [0.05, 0.1) is 10.0 Å². The third kappa shape index (κ3) is 3.60. The SMILES string of the molecule is Cc1[nH]c(-c2ccccc2Cl)nc1C(=O)NS(=O)(=O)c1ccccc1Cl. The van der Waals surface area contributed by atoms with Crippen molar-refractivity contribution in [1.82, 2.24) is 14.7 Å². The van der Waals surface area contributed by atoms with Gasteiger partial charge < -0.3 is 4.98 Å². The summed E-state index contributed by atoms with van der Waals surface area (Å²) < 4.78 is 26.8. The monoisotopic (exact) mass is 409 g/mol. The molecule has 1 amide bonds. The predicted octanol–water partition coefficient (Wildman–Crippen LogP) is 3.81. The molecule has 0 spiro atoms. The number of nitrogens with zero attached hydrogens (tertiary/aromatic N) is 1. The fraction of sp³-hybridized carbons (Fsp3) is 0.0588. The molecular formula is C17H13Cl2N3O3S. The van der Waals surface area contributed by atoms with Gasteiger partial charge in [0.1, 0.15) is 10.7 Å². The van der Waals surface area contributed by atoms with Crippen LogP contribution in [0.25, 0.3) is 11.4 Å². The lowest BCUT2D eigenvalue weighted by molar-refractivity contribution is 0.0976. The number of hydrogen-bond acceptors (Lipinski definition) is 4. The number of amides is 1. The first-order valence-electron chi connectivity index (χ1n) is 7.43. The molecule has 3 rings (SSSR count). The van der Waals surface area contributed by atoms with Gasteiger partial charge in [-0.2, -0.15) is 0 Å². The van der Waals surface area contributed by atoms with Crippen molar-refractivity contribution in [2.24, 2.45) is 0 Å². The number of aromatic nitrogens is 2. The molecule has 0 bridgehead atoms. The molecule has 0 radical (unpaired) electrons. The van der Waals surface area contributed by atoms with Crippen LogP contribution in [0.2, 0.25) is 10.0 Å². The number of hydrogen-bond donors (Lipinski definition) is 2. The van der Waals surface area contributed by atoms with E-state index < -0.39 is 15.9 Å². The van der Waals surface area contributed by atoms with Gasteiger partial charge in [-0.3, -0.25) is 4.79 Å². The summed E-state index contributed by atoms with van der Waals surface area (Å²) in [7, 11) is -4.13. The summed E-state index contributed by atoms with van der Waals surface area (Å²) in [4.78, 5) is 19.4. The predicted molar refractivity (Wildman–Crippen MR) is 99.9 cm³/mol. The van der Waals surface area contributed by atoms with Gasteiger partial charge in [0.25, 0.3) is 15.9 Å². The Morgan fingerprint density at radius 2 is 1.65 bits per heavy atom. The second-order valence-corrected chi connectivity index (χ2v) is 7.87. The Kier molecular flexibility index (Phi) is 5.04. The Bertz CT molecular complexity index is 1090. The average Bonchev–Trinajstić information content (AvgIpc) is 2.97. The maximum absolute atomic E-state index is 12.4. The summed E-state index contributed by atoms with van der Waals surface area (Å²) in [5.41, 5.74) is 0.965. The summed E-state index contributed by atoms with van der Waals surface area (Å²) in [6.07, 6.45) is 0. The number of benzene rings is 2. The molecule has 0 saturated heterocycles. The average molecular weight is 410 g/mol. The lowest BCUT2D eigenvalue weighted by atomic mass is 10.2. The van der Waals surface area contributed by atoms with Gasteiger partial charge in [-0.25, -0.2) is 18.1 Å². The van der Waals surface area contributed by atoms with Gasteiger partial charge in [0.2, 0.25) is 0 Å². The number of nitrogens with one attached hydrogen (secondary N) is 2. The van der Waals surface area contributed by atoms with E-state index in [2.05, 4.69) is 9.97 Å². The van der Waals surface area contributed by atoms with Gasteiger partial charge >= 0.3 is 0 Å². The molecule has 2 N–H and O–H groups in total. The maximum atomic E-state index is 12.4. The van der Waals surface area contributed by atoms with E-state index in [0.717, 1.165) is 0 Å². The summed E-state index contributed by atoms with van der Waals surface area (Å²) in [5, 5.41) is 0.472. The zero-order valence-corrected chi connectivity index (χ0v) is 15.8. The smallest absolute Gasteiger partial charge is 0.285 e. The second kappa shape index (κ2) is 7.11. The highest BCUT2D eigenvalue weighted by atomic mass is 35.5. The Hall–Kier alpha value is -2.35. The fourth-order valence-electron chi connectivity index (χ4n) is 2.35. The minimum Gasteiger partial charge on any atom is -0.341 e. The van der Waals surface area contributed by atoms with E-state index in [0.29, 0.717) is 22.1 Å². The largest absolute Gasteiger partial charge is 0.341 e. The maximum Gasteiger partial charge on any atom is 0.285 e. The number of carbonyl (C=O) groups excluding carboxylic acids is 1. The molecular weight excluding hydrogens is 397 g/mol. The highest BCUT2D eigenvalue weighted by Crippen LogP contribution is 2.26. The summed E-state index contributed by atoms with van der Waals surface area (Å²) in [5.74, 6) is -0.495. The third-order valence-corrected chi connectivity index (χ3v) is 5.74. The second-order valence-electron chi connectivity index (χ2n) is 5.40. The molecule has 0 aliphatic carbocycles. The fourth-order valence-corrected chi connectivity index (χ4v) is 4.05. The van der Waals surface area contributed by atoms with Crippen LogP contribution in [0, 0.1) is 6.92 Å². The van der Waals surface area contributed by atoms with E-state index in [1.54, 1.807) is 37.3 Å². The molecule has 0 fully saturated rings. The molecule has 0 saturated carbocycles. The third-order valence-electron chi connectivity index (χ3n) is 3.58. The number of sulfonamides is 1. The Balaban J connectivity index is 1.92. The molecule has 0 aliphatic heterocycles.